The van der Waals surface area contributed by atoms with Gasteiger partial charge in [-0.05, 0) is 117 Å². The molecular weight excluding hydrogens is 1390 g/mol. The van der Waals surface area contributed by atoms with Crippen molar-refractivity contribution in [2.45, 2.75) is 145 Å². The minimum absolute atomic E-state index is 0.000288. The number of likely N-dealkylation sites (N-methyl/N-ethyl adjacent to an activating group) is 2. The number of thioether (sulfide) groups is 2. The largest absolute Gasteiger partial charge is 0.646 e. The summed E-state index contributed by atoms with van der Waals surface area (Å²) in [6, 6.07) is 16.9. The number of amides is 3. The standard InChI is InChI=1S/C28H34NO8PSi.C23H29N3O4S2.C20H25N3O4S2/c1-7-18-33-28(31)25-26(19(2)24-23(27(30)29(24)25)20(3)37-39(4,5)6)36-38(32,34-21-14-10-8-11-15-21)35-22-16-12-9-13-17-22;1-6-9-30-22(29)19-20(13(3)18-17(14(4)27)21(28)26(18)19)32-23-24-16(11-31-23)15-8-7-12(2)25(5)10-15;1-9-5-6-12(7-22(9)4)13-8-28-20(21-13)29-17-10(2)15-14(11(3)24)18(25)23(15)16(17)19(26)27/h7-17,19-20,23-24H,1,18H2,2-6H3;6,8,11-14,17-18,27H,1,7,9-10H2,2-5H3;6,8-11,14-15,24H,5,7H2,1-4H3,(H,26,27)/t19-,20-,23-,24-;12-,13+,14+,17+,18+;9-,10+,11+,14+,15+/m100/s1. The van der Waals surface area contributed by atoms with Crippen LogP contribution in [0.1, 0.15) is 79.6 Å². The average Bonchev–Trinajstić information content (AvgIpc) is 1.56. The number of esters is 2. The Balaban J connectivity index is 0.000000164. The van der Waals surface area contributed by atoms with Gasteiger partial charge in [0, 0.05) is 63.5 Å². The predicted octanol–water partition coefficient (Wildman–Crippen LogP) is 11.6. The maximum absolute atomic E-state index is 14.2. The number of para-hydroxylation sites is 2. The van der Waals surface area contributed by atoms with Crippen LogP contribution < -0.4 is 9.05 Å². The third kappa shape index (κ3) is 15.7. The normalized spacial score (nSPS) is 26.6. The summed E-state index contributed by atoms with van der Waals surface area (Å²) >= 11 is 5.78. The smallest absolute Gasteiger partial charge is 0.477 e. The molecule has 3 N–H and O–H groups in total. The monoisotopic (exact) mass is 1480 g/mol. The summed E-state index contributed by atoms with van der Waals surface area (Å²) in [5, 5.41) is 33.9. The van der Waals surface area contributed by atoms with Crippen molar-refractivity contribution in [1.82, 2.24) is 34.5 Å². The molecule has 8 aliphatic heterocycles. The number of carboxylic acid groups (broad SMARTS) is 1. The summed E-state index contributed by atoms with van der Waals surface area (Å²) in [7, 11) is -2.17. The number of fused-ring (bicyclic) bond motifs is 3. The summed E-state index contributed by atoms with van der Waals surface area (Å²) in [5.41, 5.74) is 4.48. The Kier molecular flexibility index (Phi) is 23.7. The van der Waals surface area contributed by atoms with E-state index in [1.807, 2.05) is 51.2 Å². The van der Waals surface area contributed by atoms with Gasteiger partial charge in [-0.25, -0.2) is 24.4 Å². The first-order valence-corrected chi connectivity index (χ1v) is 41.5. The van der Waals surface area contributed by atoms with Crippen LogP contribution in [0.4, 0.5) is 0 Å². The van der Waals surface area contributed by atoms with Crippen LogP contribution >= 0.6 is 54.0 Å². The van der Waals surface area contributed by atoms with E-state index in [0.29, 0.717) is 17.0 Å². The lowest BCUT2D eigenvalue weighted by Crippen LogP contribution is -2.64. The molecule has 0 unspecified atom stereocenters. The number of hydrogen-bond acceptors (Lipinski definition) is 23. The number of carboxylic acids is 1. The molecule has 3 amide bonds. The van der Waals surface area contributed by atoms with Gasteiger partial charge in [0.2, 0.25) is 17.7 Å². The highest BCUT2D eigenvalue weighted by Gasteiger charge is 2.64. The van der Waals surface area contributed by atoms with Crippen molar-refractivity contribution in [1.29, 1.82) is 0 Å². The lowest BCUT2D eigenvalue weighted by Gasteiger charge is -2.48. The number of β-lactam (4-membered cyclic amide) rings is 3. The molecule has 536 valence electrons. The Hall–Kier alpha value is -6.95. The van der Waals surface area contributed by atoms with Crippen LogP contribution in [0.25, 0.3) is 11.1 Å². The molecule has 2 aromatic heterocycles. The molecule has 0 saturated carbocycles. The summed E-state index contributed by atoms with van der Waals surface area (Å²) in [5.74, 6) is -5.15. The minimum atomic E-state index is -4.42. The quantitative estimate of drug-likeness (QED) is 0.0193. The number of thiazole rings is 2. The molecule has 12 rings (SSSR count). The number of nitrogens with zero attached hydrogens (tertiary/aromatic N) is 7. The van der Waals surface area contributed by atoms with E-state index in [1.165, 1.54) is 84.2 Å². The molecule has 0 aliphatic carbocycles. The molecule has 100 heavy (non-hydrogen) atoms. The average molecular weight is 1480 g/mol. The zero-order valence-electron chi connectivity index (χ0n) is 58.3. The second kappa shape index (κ2) is 31.3. The van der Waals surface area contributed by atoms with Crippen LogP contribution in [-0.4, -0.2) is 183 Å². The van der Waals surface area contributed by atoms with Crippen molar-refractivity contribution in [3.05, 3.63) is 153 Å². The highest BCUT2D eigenvalue weighted by molar-refractivity contribution is 8.05. The van der Waals surface area contributed by atoms with E-state index >= 15 is 0 Å². The van der Waals surface area contributed by atoms with E-state index in [1.54, 1.807) is 81.4 Å². The lowest BCUT2D eigenvalue weighted by molar-refractivity contribution is -0.164. The first kappa shape index (κ1) is 75.7. The molecule has 0 bridgehead atoms. The van der Waals surface area contributed by atoms with Gasteiger partial charge in [-0.1, -0.05) is 118 Å². The van der Waals surface area contributed by atoms with Gasteiger partial charge < -0.3 is 52.6 Å². The number of aliphatic carboxylic acids is 1. The number of ether oxygens (including phenoxy) is 2. The number of rotatable bonds is 24. The Bertz CT molecular complexity index is 3980. The number of aliphatic hydroxyl groups is 2. The molecule has 8 aliphatic rings. The lowest BCUT2D eigenvalue weighted by atomic mass is 9.79. The molecule has 29 heteroatoms. The molecule has 14 atom stereocenters. The van der Waals surface area contributed by atoms with Crippen molar-refractivity contribution >= 4 is 109 Å². The fourth-order valence-corrected chi connectivity index (χ4v) is 20.6. The van der Waals surface area contributed by atoms with Gasteiger partial charge in [0.05, 0.1) is 65.6 Å². The first-order chi connectivity index (χ1) is 47.4. The van der Waals surface area contributed by atoms with Crippen molar-refractivity contribution in [3.8, 4) is 11.5 Å². The molecule has 3 saturated heterocycles. The van der Waals surface area contributed by atoms with E-state index in [4.69, 9.17) is 37.4 Å². The molecule has 0 spiro atoms. The second-order valence-corrected chi connectivity index (χ2v) is 37.4. The minimum Gasteiger partial charge on any atom is -0.477 e. The molecule has 23 nitrogen and oxygen atoms in total. The molecule has 10 heterocycles. The number of phosphoric acid groups is 1. The van der Waals surface area contributed by atoms with E-state index in [0.717, 1.165) is 50.9 Å². The van der Waals surface area contributed by atoms with Crippen molar-refractivity contribution in [2.75, 3.05) is 40.4 Å². The van der Waals surface area contributed by atoms with E-state index in [9.17, 15) is 48.7 Å². The summed E-state index contributed by atoms with van der Waals surface area (Å²) in [4.78, 5) is 96.4. The fourth-order valence-electron chi connectivity index (χ4n) is 13.8. The number of aromatic nitrogens is 2. The number of phosphoric ester groups is 1. The Morgan fingerprint density at radius 2 is 1.03 bits per heavy atom. The fraction of sp³-hybridized carbons (Fsp3) is 0.465. The number of carbonyl (C=O) groups is 6. The van der Waals surface area contributed by atoms with Gasteiger partial charge in [-0.15, -0.1) is 22.7 Å². The topological polar surface area (TPSA) is 278 Å². The highest BCUT2D eigenvalue weighted by Crippen LogP contribution is 2.59. The first-order valence-electron chi connectivity index (χ1n) is 33.3. The van der Waals surface area contributed by atoms with Gasteiger partial charge in [0.1, 0.15) is 41.9 Å². The summed E-state index contributed by atoms with van der Waals surface area (Å²) in [6.45, 7) is 30.2. The maximum Gasteiger partial charge on any atom is 0.646 e. The highest BCUT2D eigenvalue weighted by atomic mass is 32.2. The Morgan fingerprint density at radius 1 is 0.630 bits per heavy atom. The molecule has 4 aromatic rings. The van der Waals surface area contributed by atoms with Crippen molar-refractivity contribution < 1.29 is 76.1 Å². The second-order valence-electron chi connectivity index (χ2n) is 27.2. The number of benzene rings is 2. The Morgan fingerprint density at radius 3 is 1.44 bits per heavy atom. The van der Waals surface area contributed by atoms with E-state index in [-0.39, 0.29) is 95.3 Å². The zero-order valence-corrected chi connectivity index (χ0v) is 63.5. The van der Waals surface area contributed by atoms with Crippen molar-refractivity contribution in [3.63, 3.8) is 0 Å². The SMILES string of the molecule is C=CCOC(=O)C1=C(OP(=O)(Oc2ccccc2)Oc2ccccc2)[C@H](C)[C@@H]2[C@@H]([C@@H](C)O[Si](C)(C)C)C(=O)N12.C=CCOC(=O)C1=C(Sc2nc(C3=CC[C@H](C)N(C)C3)cs2)[C@H](C)[C@@H]2[C@@H]([C@@H](C)O)C(=O)N12.C[C@@H](O)[C@H]1C(=O)N2C(C(=O)O)=C(Sc3nc(C4=CC[C@H](C)N(C)C4)cs3)[C@H](C)[C@H]12. The third-order valence-electron chi connectivity index (χ3n) is 19.0. The van der Waals surface area contributed by atoms with Gasteiger partial charge >= 0.3 is 25.7 Å². The zero-order chi connectivity index (χ0) is 72.6. The van der Waals surface area contributed by atoms with Gasteiger partial charge in [0.25, 0.3) is 0 Å². The van der Waals surface area contributed by atoms with Crippen molar-refractivity contribution in [2.24, 2.45) is 35.5 Å². The van der Waals surface area contributed by atoms with Gasteiger partial charge in [0.15, 0.2) is 22.7 Å². The number of aliphatic hydroxyl groups excluding tert-OH is 2. The molecule has 3 fully saturated rings. The summed E-state index contributed by atoms with van der Waals surface area (Å²) < 4.78 is 50.1. The van der Waals surface area contributed by atoms with Crippen LogP contribution in [-0.2, 0) is 51.8 Å². The maximum atomic E-state index is 14.2. The number of carbonyl (C=O) groups excluding carboxylic acids is 5. The molecular formula is C71H88N7O16PS4Si. The number of hydrogen-bond donors (Lipinski definition) is 3. The van der Waals surface area contributed by atoms with E-state index < -0.39 is 76.0 Å². The van der Waals surface area contributed by atoms with Crippen LogP contribution in [0.5, 0.6) is 11.5 Å². The third-order valence-corrected chi connectivity index (χ3v) is 25.8. The Labute approximate surface area is 601 Å². The molecule has 0 radical (unpaired) electrons. The van der Waals surface area contributed by atoms with Crippen LogP contribution in [0, 0.1) is 35.5 Å². The van der Waals surface area contributed by atoms with Crippen LogP contribution in [0.3, 0.4) is 0 Å². The van der Waals surface area contributed by atoms with Gasteiger partial charge in [-0.2, -0.15) is 4.57 Å². The predicted molar refractivity (Wildman–Crippen MR) is 386 cm³/mol. The van der Waals surface area contributed by atoms with E-state index in [2.05, 4.69) is 63.1 Å². The van der Waals surface area contributed by atoms with Crippen LogP contribution in [0.2, 0.25) is 19.6 Å². The van der Waals surface area contributed by atoms with Gasteiger partial charge in [-0.3, -0.25) is 29.1 Å². The summed E-state index contributed by atoms with van der Waals surface area (Å²) in [6.07, 6.45) is 7.42. The molecule has 2 aromatic carbocycles. The van der Waals surface area contributed by atoms with Crippen LogP contribution in [0.15, 0.2) is 150 Å².